The van der Waals surface area contributed by atoms with Crippen molar-refractivity contribution in [3.8, 4) is 0 Å². The lowest BCUT2D eigenvalue weighted by Crippen LogP contribution is -2.53. The molecule has 1 heterocycles. The largest absolute Gasteiger partial charge is 0.369 e. The van der Waals surface area contributed by atoms with Crippen LogP contribution in [0.2, 0.25) is 0 Å². The summed E-state index contributed by atoms with van der Waals surface area (Å²) in [5, 5.41) is 3.61. The third-order valence-corrected chi connectivity index (χ3v) is 4.23. The Labute approximate surface area is 130 Å². The van der Waals surface area contributed by atoms with E-state index in [2.05, 4.69) is 74.0 Å². The van der Waals surface area contributed by atoms with Gasteiger partial charge in [-0.25, -0.2) is 0 Å². The monoisotopic (exact) mass is 289 g/mol. The molecule has 21 heavy (non-hydrogen) atoms. The van der Waals surface area contributed by atoms with E-state index >= 15 is 0 Å². The van der Waals surface area contributed by atoms with Gasteiger partial charge in [0.15, 0.2) is 0 Å². The van der Waals surface area contributed by atoms with Gasteiger partial charge in [0.05, 0.1) is 0 Å². The highest BCUT2D eigenvalue weighted by Gasteiger charge is 2.22. The molecule has 0 saturated carbocycles. The maximum Gasteiger partial charge on any atom is 0.0369 e. The molecule has 0 amide bonds. The third kappa shape index (κ3) is 5.01. The lowest BCUT2D eigenvalue weighted by molar-refractivity contribution is 0.184. The number of nitrogens with zero attached hydrogens (tertiary/aromatic N) is 2. The zero-order valence-electron chi connectivity index (χ0n) is 14.3. The Morgan fingerprint density at radius 2 is 1.81 bits per heavy atom. The van der Waals surface area contributed by atoms with Crippen LogP contribution in [-0.4, -0.2) is 49.2 Å². The Balaban J connectivity index is 1.83. The molecule has 0 radical (unpaired) electrons. The molecule has 3 nitrogen and oxygen atoms in total. The van der Waals surface area contributed by atoms with Gasteiger partial charge in [0.1, 0.15) is 0 Å². The summed E-state index contributed by atoms with van der Waals surface area (Å²) in [5.41, 5.74) is 2.92. The van der Waals surface area contributed by atoms with Crippen LogP contribution in [-0.2, 0) is 0 Å². The van der Waals surface area contributed by atoms with Gasteiger partial charge in [0.2, 0.25) is 0 Å². The van der Waals surface area contributed by atoms with Gasteiger partial charge in [-0.15, -0.1) is 0 Å². The molecule has 1 aromatic carbocycles. The first-order valence-electron chi connectivity index (χ1n) is 8.16. The Hall–Kier alpha value is -1.06. The van der Waals surface area contributed by atoms with Crippen molar-refractivity contribution in [2.75, 3.05) is 37.6 Å². The van der Waals surface area contributed by atoms with E-state index in [-0.39, 0.29) is 5.54 Å². The standard InChI is InChI=1S/C18H31N3/c1-15-7-6-8-17(13-15)21-11-9-20(10-12-21)16(2)14-19-18(3,4)5/h6-8,13,16,19H,9-12,14H2,1-5H3. The van der Waals surface area contributed by atoms with Crippen molar-refractivity contribution in [1.29, 1.82) is 0 Å². The molecule has 118 valence electrons. The van der Waals surface area contributed by atoms with Crippen molar-refractivity contribution in [1.82, 2.24) is 10.2 Å². The molecule has 1 unspecified atom stereocenters. The van der Waals surface area contributed by atoms with Crippen molar-refractivity contribution < 1.29 is 0 Å². The summed E-state index contributed by atoms with van der Waals surface area (Å²) in [4.78, 5) is 5.11. The molecule has 2 rings (SSSR count). The quantitative estimate of drug-likeness (QED) is 0.919. The Bertz CT molecular complexity index is 442. The van der Waals surface area contributed by atoms with Crippen LogP contribution in [0.3, 0.4) is 0 Å². The number of aryl methyl sites for hydroxylation is 1. The number of hydrogen-bond acceptors (Lipinski definition) is 3. The molecule has 0 bridgehead atoms. The predicted octanol–water partition coefficient (Wildman–Crippen LogP) is 2.89. The second-order valence-corrected chi connectivity index (χ2v) is 7.34. The highest BCUT2D eigenvalue weighted by atomic mass is 15.3. The fourth-order valence-corrected chi connectivity index (χ4v) is 2.83. The molecule has 3 heteroatoms. The highest BCUT2D eigenvalue weighted by Crippen LogP contribution is 2.18. The number of hydrogen-bond donors (Lipinski definition) is 1. The van der Waals surface area contributed by atoms with E-state index < -0.39 is 0 Å². The van der Waals surface area contributed by atoms with Crippen LogP contribution in [0.1, 0.15) is 33.3 Å². The van der Waals surface area contributed by atoms with E-state index in [1.54, 1.807) is 0 Å². The van der Waals surface area contributed by atoms with Crippen LogP contribution >= 0.6 is 0 Å². The maximum atomic E-state index is 3.61. The number of nitrogens with one attached hydrogen (secondary N) is 1. The van der Waals surface area contributed by atoms with Gasteiger partial charge in [-0.1, -0.05) is 12.1 Å². The molecule has 1 fully saturated rings. The van der Waals surface area contributed by atoms with Crippen LogP contribution in [0, 0.1) is 6.92 Å². The summed E-state index contributed by atoms with van der Waals surface area (Å²) in [7, 11) is 0. The second kappa shape index (κ2) is 6.80. The van der Waals surface area contributed by atoms with Gasteiger partial charge in [-0.2, -0.15) is 0 Å². The molecule has 1 aliphatic rings. The normalized spacial score (nSPS) is 18.8. The minimum Gasteiger partial charge on any atom is -0.369 e. The predicted molar refractivity (Wildman–Crippen MR) is 92.2 cm³/mol. The first-order chi connectivity index (χ1) is 9.85. The smallest absolute Gasteiger partial charge is 0.0369 e. The molecule has 1 atom stereocenters. The van der Waals surface area contributed by atoms with Crippen molar-refractivity contribution in [3.63, 3.8) is 0 Å². The van der Waals surface area contributed by atoms with Gasteiger partial charge in [0.25, 0.3) is 0 Å². The summed E-state index contributed by atoms with van der Waals surface area (Å²) in [6.45, 7) is 16.8. The summed E-state index contributed by atoms with van der Waals surface area (Å²) in [6.07, 6.45) is 0. The molecule has 0 spiro atoms. The fraction of sp³-hybridized carbons (Fsp3) is 0.667. The molecule has 1 N–H and O–H groups in total. The van der Waals surface area contributed by atoms with E-state index in [1.807, 2.05) is 0 Å². The molecule has 0 aliphatic carbocycles. The van der Waals surface area contributed by atoms with Crippen molar-refractivity contribution in [2.24, 2.45) is 0 Å². The van der Waals surface area contributed by atoms with E-state index in [9.17, 15) is 0 Å². The van der Waals surface area contributed by atoms with E-state index in [0.717, 1.165) is 32.7 Å². The van der Waals surface area contributed by atoms with Gasteiger partial charge in [-0.3, -0.25) is 4.90 Å². The SMILES string of the molecule is Cc1cccc(N2CCN(C(C)CNC(C)(C)C)CC2)c1. The molecular formula is C18H31N3. The van der Waals surface area contributed by atoms with Crippen molar-refractivity contribution >= 4 is 5.69 Å². The van der Waals surface area contributed by atoms with Crippen molar-refractivity contribution in [2.45, 2.75) is 46.2 Å². The Morgan fingerprint density at radius 1 is 1.14 bits per heavy atom. The Morgan fingerprint density at radius 3 is 2.38 bits per heavy atom. The highest BCUT2D eigenvalue weighted by molar-refractivity contribution is 5.48. The van der Waals surface area contributed by atoms with Crippen LogP contribution in [0.25, 0.3) is 0 Å². The average molecular weight is 289 g/mol. The van der Waals surface area contributed by atoms with Crippen LogP contribution in [0.5, 0.6) is 0 Å². The van der Waals surface area contributed by atoms with Crippen molar-refractivity contribution in [3.05, 3.63) is 29.8 Å². The molecular weight excluding hydrogens is 258 g/mol. The minimum atomic E-state index is 0.206. The second-order valence-electron chi connectivity index (χ2n) is 7.34. The first kappa shape index (κ1) is 16.3. The zero-order chi connectivity index (χ0) is 15.5. The first-order valence-corrected chi connectivity index (χ1v) is 8.16. The summed E-state index contributed by atoms with van der Waals surface area (Å²) < 4.78 is 0. The van der Waals surface area contributed by atoms with Gasteiger partial charge < -0.3 is 10.2 Å². The van der Waals surface area contributed by atoms with Crippen LogP contribution < -0.4 is 10.2 Å². The maximum absolute atomic E-state index is 3.61. The van der Waals surface area contributed by atoms with Gasteiger partial charge in [-0.05, 0) is 52.3 Å². The summed E-state index contributed by atoms with van der Waals surface area (Å²) in [5.74, 6) is 0. The van der Waals surface area contributed by atoms with Crippen LogP contribution in [0.4, 0.5) is 5.69 Å². The van der Waals surface area contributed by atoms with E-state index in [0.29, 0.717) is 6.04 Å². The van der Waals surface area contributed by atoms with Crippen LogP contribution in [0.15, 0.2) is 24.3 Å². The Kier molecular flexibility index (Phi) is 5.28. The topological polar surface area (TPSA) is 18.5 Å². The molecule has 0 aromatic heterocycles. The number of piperazine rings is 1. The third-order valence-electron chi connectivity index (χ3n) is 4.23. The fourth-order valence-electron chi connectivity index (χ4n) is 2.83. The summed E-state index contributed by atoms with van der Waals surface area (Å²) >= 11 is 0. The van der Waals surface area contributed by atoms with Gasteiger partial charge >= 0.3 is 0 Å². The average Bonchev–Trinajstić information content (AvgIpc) is 2.44. The number of anilines is 1. The van der Waals surface area contributed by atoms with E-state index in [4.69, 9.17) is 0 Å². The molecule has 1 saturated heterocycles. The zero-order valence-corrected chi connectivity index (χ0v) is 14.3. The molecule has 1 aliphatic heterocycles. The summed E-state index contributed by atoms with van der Waals surface area (Å²) in [6, 6.07) is 9.45. The lowest BCUT2D eigenvalue weighted by Gasteiger charge is -2.40. The van der Waals surface area contributed by atoms with E-state index in [1.165, 1.54) is 11.3 Å². The molecule has 1 aromatic rings. The lowest BCUT2D eigenvalue weighted by atomic mass is 10.1. The minimum absolute atomic E-state index is 0.206. The van der Waals surface area contributed by atoms with Gasteiger partial charge in [0, 0.05) is 50.0 Å². The number of benzene rings is 1. The number of rotatable bonds is 4.